The topological polar surface area (TPSA) is 37.3 Å². The Bertz CT molecular complexity index is 315. The Morgan fingerprint density at radius 1 is 0.950 bits per heavy atom. The van der Waals surface area contributed by atoms with Gasteiger partial charge in [-0.15, -0.1) is 0 Å². The van der Waals surface area contributed by atoms with E-state index in [1.165, 1.54) is 12.8 Å². The van der Waals surface area contributed by atoms with Crippen molar-refractivity contribution in [3.05, 3.63) is 23.3 Å². The van der Waals surface area contributed by atoms with Gasteiger partial charge in [-0.2, -0.15) is 0 Å². The molecule has 0 fully saturated rings. The van der Waals surface area contributed by atoms with Crippen molar-refractivity contribution >= 4 is 6.29 Å². The normalized spacial score (nSPS) is 16.1. The van der Waals surface area contributed by atoms with E-state index in [2.05, 4.69) is 13.8 Å². The smallest absolute Gasteiger partial charge is 0.127 e. The van der Waals surface area contributed by atoms with Crippen LogP contribution in [-0.2, 0) is 4.79 Å². The van der Waals surface area contributed by atoms with E-state index in [1.54, 1.807) is 0 Å². The van der Waals surface area contributed by atoms with E-state index in [-0.39, 0.29) is 12.0 Å². The molecule has 0 amide bonds. The molecule has 0 aromatic carbocycles. The largest absolute Gasteiger partial charge is 0.389 e. The summed E-state index contributed by atoms with van der Waals surface area (Å²) in [7, 11) is 0. The van der Waals surface area contributed by atoms with Crippen LogP contribution >= 0.6 is 0 Å². The Hall–Kier alpha value is -0.890. The molecule has 0 rings (SSSR count). The van der Waals surface area contributed by atoms with Gasteiger partial charge >= 0.3 is 0 Å². The second-order valence-corrected chi connectivity index (χ2v) is 5.72. The van der Waals surface area contributed by atoms with Crippen LogP contribution in [0.4, 0.5) is 0 Å². The van der Waals surface area contributed by atoms with Gasteiger partial charge in [-0.3, -0.25) is 0 Å². The third kappa shape index (κ3) is 8.31. The summed E-state index contributed by atoms with van der Waals surface area (Å²) in [4.78, 5) is 11.1. The summed E-state index contributed by atoms with van der Waals surface area (Å²) in [5.41, 5.74) is 2.08. The molecule has 0 aromatic rings. The molecule has 0 saturated carbocycles. The number of rotatable bonds is 11. The van der Waals surface area contributed by atoms with E-state index in [9.17, 15) is 9.90 Å². The second kappa shape index (κ2) is 11.9. The summed E-state index contributed by atoms with van der Waals surface area (Å²) < 4.78 is 0. The molecule has 2 unspecified atom stereocenters. The first kappa shape index (κ1) is 19.1. The highest BCUT2D eigenvalue weighted by molar-refractivity contribution is 5.58. The molecule has 0 aliphatic rings. The lowest BCUT2D eigenvalue weighted by atomic mass is 9.95. The molecule has 0 aliphatic carbocycles. The number of hydrogen-bond donors (Lipinski definition) is 1. The fraction of sp³-hybridized carbons (Fsp3) is 0.722. The van der Waals surface area contributed by atoms with Crippen LogP contribution in [0.3, 0.4) is 0 Å². The Kier molecular flexibility index (Phi) is 11.4. The van der Waals surface area contributed by atoms with Crippen LogP contribution in [0, 0.1) is 5.92 Å². The van der Waals surface area contributed by atoms with E-state index in [0.29, 0.717) is 0 Å². The highest BCUT2D eigenvalue weighted by Gasteiger charge is 2.09. The van der Waals surface area contributed by atoms with Crippen molar-refractivity contribution in [3.63, 3.8) is 0 Å². The van der Waals surface area contributed by atoms with E-state index in [0.717, 1.165) is 49.5 Å². The maximum atomic E-state index is 11.1. The van der Waals surface area contributed by atoms with Crippen LogP contribution < -0.4 is 0 Å². The predicted octanol–water partition coefficient (Wildman–Crippen LogP) is 4.83. The van der Waals surface area contributed by atoms with Crippen molar-refractivity contribution in [1.29, 1.82) is 0 Å². The minimum Gasteiger partial charge on any atom is -0.389 e. The molecule has 2 heteroatoms. The number of aldehydes is 1. The molecule has 116 valence electrons. The van der Waals surface area contributed by atoms with Gasteiger partial charge in [-0.05, 0) is 32.3 Å². The van der Waals surface area contributed by atoms with Crippen LogP contribution in [0.15, 0.2) is 23.3 Å². The number of hydrogen-bond acceptors (Lipinski definition) is 2. The van der Waals surface area contributed by atoms with Gasteiger partial charge in [0, 0.05) is 5.92 Å². The van der Waals surface area contributed by atoms with E-state index >= 15 is 0 Å². The monoisotopic (exact) mass is 280 g/mol. The van der Waals surface area contributed by atoms with Crippen molar-refractivity contribution in [1.82, 2.24) is 0 Å². The lowest BCUT2D eigenvalue weighted by molar-refractivity contribution is -0.110. The number of aliphatic hydroxyl groups excluding tert-OH is 1. The Morgan fingerprint density at radius 2 is 1.55 bits per heavy atom. The third-order valence-corrected chi connectivity index (χ3v) is 3.83. The predicted molar refractivity (Wildman–Crippen MR) is 86.7 cm³/mol. The lowest BCUT2D eigenvalue weighted by Crippen LogP contribution is -2.08. The maximum absolute atomic E-state index is 11.1. The van der Waals surface area contributed by atoms with E-state index < -0.39 is 0 Å². The van der Waals surface area contributed by atoms with Gasteiger partial charge in [0.2, 0.25) is 0 Å². The van der Waals surface area contributed by atoms with Gasteiger partial charge in [-0.25, -0.2) is 0 Å². The fourth-order valence-electron chi connectivity index (χ4n) is 2.14. The summed E-state index contributed by atoms with van der Waals surface area (Å²) in [6, 6.07) is 0. The van der Waals surface area contributed by atoms with Crippen LogP contribution in [-0.4, -0.2) is 17.5 Å². The van der Waals surface area contributed by atoms with Gasteiger partial charge in [0.1, 0.15) is 6.29 Å². The molecule has 0 radical (unpaired) electrons. The third-order valence-electron chi connectivity index (χ3n) is 3.83. The average Bonchev–Trinajstić information content (AvgIpc) is 2.45. The Morgan fingerprint density at radius 3 is 2.10 bits per heavy atom. The van der Waals surface area contributed by atoms with Crippen molar-refractivity contribution in [3.8, 4) is 0 Å². The van der Waals surface area contributed by atoms with E-state index in [1.807, 2.05) is 26.0 Å². The molecule has 2 atom stereocenters. The number of aliphatic hydroxyl groups is 1. The summed E-state index contributed by atoms with van der Waals surface area (Å²) in [6.45, 7) is 8.26. The molecular formula is C18H32O2. The standard InChI is InChI=1S/C18H32O2/c1-5-7-9-11-18(20)16(4)13-12-15(3)17(14-19)10-8-6-2/h12-14,17-18,20H,5-11H2,1-4H3/b15-12+,16-13+. The molecule has 0 spiro atoms. The maximum Gasteiger partial charge on any atom is 0.127 e. The molecular weight excluding hydrogens is 248 g/mol. The van der Waals surface area contributed by atoms with Gasteiger partial charge in [-0.1, -0.05) is 63.7 Å². The first-order chi connectivity index (χ1) is 9.56. The number of allylic oxidation sites excluding steroid dienone is 3. The first-order valence-corrected chi connectivity index (χ1v) is 8.05. The lowest BCUT2D eigenvalue weighted by Gasteiger charge is -2.12. The van der Waals surface area contributed by atoms with Crippen molar-refractivity contribution in [2.24, 2.45) is 5.92 Å². The first-order valence-electron chi connectivity index (χ1n) is 8.05. The fourth-order valence-corrected chi connectivity index (χ4v) is 2.14. The molecule has 0 bridgehead atoms. The summed E-state index contributed by atoms with van der Waals surface area (Å²) >= 11 is 0. The van der Waals surface area contributed by atoms with Crippen molar-refractivity contribution in [2.45, 2.75) is 78.7 Å². The SMILES string of the molecule is CCCCCC(O)/C(C)=C/C=C(\C)C(C=O)CCCC. The highest BCUT2D eigenvalue weighted by Crippen LogP contribution is 2.17. The number of unbranched alkanes of at least 4 members (excludes halogenated alkanes) is 3. The van der Waals surface area contributed by atoms with Gasteiger partial charge < -0.3 is 9.90 Å². The Labute approximate surface area is 125 Å². The molecule has 2 nitrogen and oxygen atoms in total. The zero-order valence-electron chi connectivity index (χ0n) is 13.7. The molecule has 20 heavy (non-hydrogen) atoms. The number of carbonyl (C=O) groups excluding carboxylic acids is 1. The second-order valence-electron chi connectivity index (χ2n) is 5.72. The molecule has 0 aromatic heterocycles. The minimum absolute atomic E-state index is 0.0243. The van der Waals surface area contributed by atoms with Crippen molar-refractivity contribution in [2.75, 3.05) is 0 Å². The number of carbonyl (C=O) groups is 1. The van der Waals surface area contributed by atoms with Gasteiger partial charge in [0.15, 0.2) is 0 Å². The average molecular weight is 280 g/mol. The quantitative estimate of drug-likeness (QED) is 0.334. The zero-order valence-corrected chi connectivity index (χ0v) is 13.7. The Balaban J connectivity index is 4.45. The van der Waals surface area contributed by atoms with Crippen LogP contribution in [0.25, 0.3) is 0 Å². The molecule has 0 aliphatic heterocycles. The highest BCUT2D eigenvalue weighted by atomic mass is 16.3. The van der Waals surface area contributed by atoms with Crippen LogP contribution in [0.2, 0.25) is 0 Å². The van der Waals surface area contributed by atoms with Crippen LogP contribution in [0.5, 0.6) is 0 Å². The zero-order chi connectivity index (χ0) is 15.4. The van der Waals surface area contributed by atoms with Gasteiger partial charge in [0.05, 0.1) is 6.10 Å². The van der Waals surface area contributed by atoms with E-state index in [4.69, 9.17) is 0 Å². The molecule has 1 N–H and O–H groups in total. The summed E-state index contributed by atoms with van der Waals surface area (Å²) in [5, 5.41) is 10.0. The molecule has 0 heterocycles. The summed E-state index contributed by atoms with van der Waals surface area (Å²) in [5.74, 6) is 0.0243. The minimum atomic E-state index is -0.351. The van der Waals surface area contributed by atoms with Crippen molar-refractivity contribution < 1.29 is 9.90 Å². The summed E-state index contributed by atoms with van der Waals surface area (Å²) in [6.07, 6.45) is 12.0. The van der Waals surface area contributed by atoms with Gasteiger partial charge in [0.25, 0.3) is 0 Å². The van der Waals surface area contributed by atoms with Crippen LogP contribution in [0.1, 0.15) is 72.6 Å². The molecule has 0 saturated heterocycles.